The van der Waals surface area contributed by atoms with E-state index in [4.69, 9.17) is 5.73 Å². The van der Waals surface area contributed by atoms with Gasteiger partial charge in [0.15, 0.2) is 5.78 Å². The maximum absolute atomic E-state index is 14.3. The molecule has 4 aromatic rings. The van der Waals surface area contributed by atoms with Crippen molar-refractivity contribution in [2.24, 2.45) is 11.7 Å². The topological polar surface area (TPSA) is 80.5 Å². The number of nitrogens with zero attached hydrogens (tertiary/aromatic N) is 1. The minimum absolute atomic E-state index is 0.219. The summed E-state index contributed by atoms with van der Waals surface area (Å²) in [5.41, 5.74) is 8.81. The Labute approximate surface area is 230 Å². The highest BCUT2D eigenvalue weighted by Crippen LogP contribution is 2.46. The zero-order valence-electron chi connectivity index (χ0n) is 21.2. The summed E-state index contributed by atoms with van der Waals surface area (Å²) in [5.74, 6) is -3.41. The van der Waals surface area contributed by atoms with Gasteiger partial charge in [-0.3, -0.25) is 14.4 Å². The van der Waals surface area contributed by atoms with Gasteiger partial charge in [-0.1, -0.05) is 84.4 Å². The fraction of sp³-hybridized carbons (Fsp3) is 0.156. The molecule has 0 saturated carbocycles. The molecule has 7 heteroatoms. The molecule has 1 aliphatic heterocycles. The minimum atomic E-state index is -1.13. The summed E-state index contributed by atoms with van der Waals surface area (Å²) in [6, 6.07) is 24.0. The molecule has 0 bridgehead atoms. The fourth-order valence-electron chi connectivity index (χ4n) is 5.41. The number of benzene rings is 3. The predicted octanol–water partition coefficient (Wildman–Crippen LogP) is 5.87. The van der Waals surface area contributed by atoms with E-state index < -0.39 is 35.6 Å². The molecule has 5 nitrogen and oxygen atoms in total. The van der Waals surface area contributed by atoms with Crippen molar-refractivity contribution in [3.05, 3.63) is 135 Å². The highest BCUT2D eigenvalue weighted by molar-refractivity contribution is 7.12. The van der Waals surface area contributed by atoms with E-state index in [9.17, 15) is 18.8 Å². The Hall–Kier alpha value is -4.36. The molecular formula is C32H27FN2O3S. The van der Waals surface area contributed by atoms with Gasteiger partial charge in [-0.05, 0) is 47.7 Å². The maximum atomic E-state index is 14.3. The van der Waals surface area contributed by atoms with Crippen LogP contribution in [-0.4, -0.2) is 34.6 Å². The number of carbonyl (C=O) groups is 3. The Morgan fingerprint density at radius 2 is 1.67 bits per heavy atom. The largest absolute Gasteiger partial charge is 0.368 e. The van der Waals surface area contributed by atoms with Crippen LogP contribution in [0.4, 0.5) is 4.39 Å². The second-order valence-corrected chi connectivity index (χ2v) is 10.6. The number of primary amides is 1. The van der Waals surface area contributed by atoms with Crippen molar-refractivity contribution in [2.45, 2.75) is 24.9 Å². The molecule has 0 spiro atoms. The molecule has 2 amide bonds. The lowest BCUT2D eigenvalue weighted by Crippen LogP contribution is -2.48. The van der Waals surface area contributed by atoms with Crippen LogP contribution in [0.15, 0.2) is 102 Å². The summed E-state index contributed by atoms with van der Waals surface area (Å²) in [5, 5.41) is 1.78. The molecule has 1 saturated heterocycles. The lowest BCUT2D eigenvalue weighted by atomic mass is 9.77. The van der Waals surface area contributed by atoms with Crippen LogP contribution in [0, 0.1) is 18.7 Å². The van der Waals surface area contributed by atoms with E-state index in [0.717, 1.165) is 11.1 Å². The van der Waals surface area contributed by atoms with Gasteiger partial charge >= 0.3 is 0 Å². The van der Waals surface area contributed by atoms with Gasteiger partial charge in [0.1, 0.15) is 11.9 Å². The van der Waals surface area contributed by atoms with Gasteiger partial charge in [0, 0.05) is 11.5 Å². The van der Waals surface area contributed by atoms with Gasteiger partial charge < -0.3 is 10.6 Å². The Balaban J connectivity index is 1.72. The van der Waals surface area contributed by atoms with Gasteiger partial charge in [-0.2, -0.15) is 0 Å². The number of hydrogen-bond donors (Lipinski definition) is 1. The molecule has 4 unspecified atom stereocenters. The Morgan fingerprint density at radius 3 is 2.31 bits per heavy atom. The lowest BCUT2D eigenvalue weighted by Gasteiger charge is -2.28. The Morgan fingerprint density at radius 1 is 0.923 bits per heavy atom. The first-order valence-electron chi connectivity index (χ1n) is 12.6. The molecule has 39 heavy (non-hydrogen) atoms. The van der Waals surface area contributed by atoms with Crippen molar-refractivity contribution >= 4 is 35.0 Å². The van der Waals surface area contributed by atoms with E-state index in [0.29, 0.717) is 16.0 Å². The molecule has 1 aromatic heterocycles. The van der Waals surface area contributed by atoms with Gasteiger partial charge in [0.05, 0.1) is 16.8 Å². The predicted molar refractivity (Wildman–Crippen MR) is 151 cm³/mol. The number of ketones is 1. The highest BCUT2D eigenvalue weighted by Gasteiger charge is 2.55. The summed E-state index contributed by atoms with van der Waals surface area (Å²) in [7, 11) is 0. The average Bonchev–Trinajstić information content (AvgIpc) is 3.59. The van der Waals surface area contributed by atoms with E-state index in [1.54, 1.807) is 53.9 Å². The highest BCUT2D eigenvalue weighted by atomic mass is 32.1. The number of nitrogens with two attached hydrogens (primary N) is 1. The number of carbonyl (C=O) groups excluding carboxylic acids is 3. The molecule has 1 fully saturated rings. The summed E-state index contributed by atoms with van der Waals surface area (Å²) in [6.07, 6.45) is 3.65. The summed E-state index contributed by atoms with van der Waals surface area (Å²) in [6.45, 7) is 1.90. The van der Waals surface area contributed by atoms with Gasteiger partial charge in [0.2, 0.25) is 5.91 Å². The van der Waals surface area contributed by atoms with Crippen LogP contribution in [0.3, 0.4) is 0 Å². The van der Waals surface area contributed by atoms with Crippen molar-refractivity contribution in [1.29, 1.82) is 0 Å². The zero-order chi connectivity index (χ0) is 27.5. The van der Waals surface area contributed by atoms with E-state index in [2.05, 4.69) is 0 Å². The van der Waals surface area contributed by atoms with E-state index >= 15 is 0 Å². The number of likely N-dealkylation sites (tertiary alicyclic amines) is 1. The first-order valence-corrected chi connectivity index (χ1v) is 13.5. The Kier molecular flexibility index (Phi) is 7.52. The van der Waals surface area contributed by atoms with Crippen LogP contribution < -0.4 is 5.73 Å². The summed E-state index contributed by atoms with van der Waals surface area (Å²) in [4.78, 5) is 43.3. The van der Waals surface area contributed by atoms with Crippen molar-refractivity contribution in [3.63, 3.8) is 0 Å². The van der Waals surface area contributed by atoms with E-state index in [-0.39, 0.29) is 11.7 Å². The van der Waals surface area contributed by atoms with Crippen LogP contribution in [0.5, 0.6) is 0 Å². The zero-order valence-corrected chi connectivity index (χ0v) is 22.1. The number of rotatable bonds is 7. The van der Waals surface area contributed by atoms with Gasteiger partial charge in [0.25, 0.3) is 5.91 Å². The lowest BCUT2D eigenvalue weighted by molar-refractivity contribution is -0.122. The molecule has 4 atom stereocenters. The van der Waals surface area contributed by atoms with Crippen LogP contribution in [0.25, 0.3) is 6.08 Å². The van der Waals surface area contributed by atoms with Crippen LogP contribution >= 0.6 is 11.3 Å². The van der Waals surface area contributed by atoms with Crippen molar-refractivity contribution in [1.82, 2.24) is 4.90 Å². The number of thiophene rings is 1. The summed E-state index contributed by atoms with van der Waals surface area (Å²) < 4.78 is 13.9. The molecule has 2 N–H and O–H groups in total. The molecule has 0 aliphatic carbocycles. The smallest absolute Gasteiger partial charge is 0.265 e. The van der Waals surface area contributed by atoms with Gasteiger partial charge in [-0.25, -0.2) is 4.39 Å². The Bertz CT molecular complexity index is 1520. The molecule has 2 heterocycles. The second kappa shape index (κ2) is 11.2. The van der Waals surface area contributed by atoms with Crippen molar-refractivity contribution < 1.29 is 18.8 Å². The minimum Gasteiger partial charge on any atom is -0.368 e. The molecule has 1 aliphatic rings. The number of aryl methyl sites for hydroxylation is 1. The van der Waals surface area contributed by atoms with Crippen LogP contribution in [-0.2, 0) is 4.79 Å². The monoisotopic (exact) mass is 538 g/mol. The third-order valence-corrected chi connectivity index (χ3v) is 7.98. The van der Waals surface area contributed by atoms with Crippen molar-refractivity contribution in [3.8, 4) is 0 Å². The molecule has 196 valence electrons. The third kappa shape index (κ3) is 5.31. The fourth-order valence-corrected chi connectivity index (χ4v) is 6.08. The van der Waals surface area contributed by atoms with Crippen LogP contribution in [0.1, 0.15) is 42.6 Å². The van der Waals surface area contributed by atoms with Crippen LogP contribution in [0.2, 0.25) is 0 Å². The number of amides is 2. The number of hydrogen-bond acceptors (Lipinski definition) is 4. The third-order valence-electron chi connectivity index (χ3n) is 7.12. The SMILES string of the molecule is Cc1cccc(C(=O)C2C(c3ccc(F)cc3)C(C(N)=O)N(C(=O)c3cccs3)C2C=Cc2ccccc2)c1. The quantitative estimate of drug-likeness (QED) is 0.299. The average molecular weight is 539 g/mol. The standard InChI is InChI=1S/C32H27FN2O3S/c1-20-7-5-10-23(19-20)30(36)28-25(17-12-21-8-3-2-4-9-21)35(32(38)26-11-6-18-39-26)29(31(34)37)27(28)22-13-15-24(33)16-14-22/h2-19,25,27-29H,1H3,(H2,34,37). The molecule has 0 radical (unpaired) electrons. The molecule has 3 aromatic carbocycles. The molecule has 5 rings (SSSR count). The number of Topliss-reactive ketones (excluding diaryl/α,β-unsaturated/α-hetero) is 1. The van der Waals surface area contributed by atoms with E-state index in [1.807, 2.05) is 49.4 Å². The summed E-state index contributed by atoms with van der Waals surface area (Å²) >= 11 is 1.25. The van der Waals surface area contributed by atoms with E-state index in [1.165, 1.54) is 28.4 Å². The van der Waals surface area contributed by atoms with Gasteiger partial charge in [-0.15, -0.1) is 11.3 Å². The molecular weight excluding hydrogens is 511 g/mol. The first-order chi connectivity index (χ1) is 18.8. The number of halogens is 1. The first kappa shape index (κ1) is 26.3. The van der Waals surface area contributed by atoms with Crippen molar-refractivity contribution in [2.75, 3.05) is 0 Å². The normalized spacial score (nSPS) is 20.8. The maximum Gasteiger partial charge on any atom is 0.265 e. The second-order valence-electron chi connectivity index (χ2n) is 9.63.